The Bertz CT molecular complexity index is 1370. The summed E-state index contributed by atoms with van der Waals surface area (Å²) < 4.78 is 6.16. The number of aromatic nitrogens is 2. The van der Waals surface area contributed by atoms with Crippen LogP contribution in [0.15, 0.2) is 82.3 Å². The summed E-state index contributed by atoms with van der Waals surface area (Å²) >= 11 is 6.03. The summed E-state index contributed by atoms with van der Waals surface area (Å²) in [5, 5.41) is 7.03. The van der Waals surface area contributed by atoms with Crippen LogP contribution in [0.4, 0.5) is 5.95 Å². The Balaban J connectivity index is 1.64. The molecular formula is C23H18ClN4O+. The molecule has 0 bridgehead atoms. The van der Waals surface area contributed by atoms with Crippen LogP contribution in [0.25, 0.3) is 33.3 Å². The molecule has 0 unspecified atom stereocenters. The van der Waals surface area contributed by atoms with Crippen LogP contribution >= 0.6 is 11.6 Å². The first-order chi connectivity index (χ1) is 14.2. The van der Waals surface area contributed by atoms with E-state index in [2.05, 4.69) is 20.5 Å². The minimum absolute atomic E-state index is 0.686. The van der Waals surface area contributed by atoms with E-state index in [9.17, 15) is 0 Å². The smallest absolute Gasteiger partial charge is 0.377 e. The normalized spacial score (nSPS) is 12.0. The monoisotopic (exact) mass is 401 g/mol. The number of para-hydroxylation sites is 2. The van der Waals surface area contributed by atoms with Gasteiger partial charge >= 0.3 is 5.95 Å². The average Bonchev–Trinajstić information content (AvgIpc) is 3.15. The molecule has 2 aromatic heterocycles. The Morgan fingerprint density at radius 3 is 2.66 bits per heavy atom. The number of aromatic amines is 2. The van der Waals surface area contributed by atoms with Gasteiger partial charge in [-0.15, -0.1) is 5.10 Å². The highest BCUT2D eigenvalue weighted by Crippen LogP contribution is 2.24. The predicted molar refractivity (Wildman–Crippen MR) is 115 cm³/mol. The fourth-order valence-electron chi connectivity index (χ4n) is 3.30. The Morgan fingerprint density at radius 1 is 1.00 bits per heavy atom. The molecule has 0 aliphatic rings. The zero-order valence-electron chi connectivity index (χ0n) is 15.7. The Labute approximate surface area is 171 Å². The Kier molecular flexibility index (Phi) is 4.30. The zero-order valence-corrected chi connectivity index (χ0v) is 16.4. The van der Waals surface area contributed by atoms with E-state index in [0.29, 0.717) is 11.0 Å². The zero-order chi connectivity index (χ0) is 19.8. The number of benzene rings is 3. The van der Waals surface area contributed by atoms with Crippen LogP contribution in [0.2, 0.25) is 5.02 Å². The number of anilines is 1. The van der Waals surface area contributed by atoms with Crippen LogP contribution in [0, 0.1) is 6.92 Å². The van der Waals surface area contributed by atoms with Gasteiger partial charge in [-0.05, 0) is 61.0 Å². The SMILES string of the molecule is Cc1ccc2c(=NNc3[nH]c4ccccc4[nH+]3)cc(-c3ccc(Cl)cc3)oc2c1. The van der Waals surface area contributed by atoms with Gasteiger partial charge in [-0.1, -0.05) is 29.8 Å². The van der Waals surface area contributed by atoms with E-state index in [1.807, 2.05) is 79.7 Å². The summed E-state index contributed by atoms with van der Waals surface area (Å²) in [6.07, 6.45) is 0. The van der Waals surface area contributed by atoms with E-state index in [0.717, 1.165) is 44.2 Å². The molecule has 5 aromatic rings. The molecule has 2 heterocycles. The summed E-state index contributed by atoms with van der Waals surface area (Å²) in [5.41, 5.74) is 7.95. The summed E-state index contributed by atoms with van der Waals surface area (Å²) in [5.74, 6) is 1.43. The predicted octanol–water partition coefficient (Wildman–Crippen LogP) is 5.28. The van der Waals surface area contributed by atoms with Crippen molar-refractivity contribution in [2.45, 2.75) is 6.92 Å². The van der Waals surface area contributed by atoms with Gasteiger partial charge in [0.1, 0.15) is 27.7 Å². The third-order valence-electron chi connectivity index (χ3n) is 4.76. The van der Waals surface area contributed by atoms with E-state index in [1.54, 1.807) is 0 Å². The Hall–Kier alpha value is -3.57. The van der Waals surface area contributed by atoms with Gasteiger partial charge in [-0.25, -0.2) is 9.97 Å². The molecule has 0 amide bonds. The molecule has 0 saturated carbocycles. The van der Waals surface area contributed by atoms with Gasteiger partial charge in [-0.3, -0.25) is 0 Å². The second kappa shape index (κ2) is 7.11. The molecule has 5 rings (SSSR count). The lowest BCUT2D eigenvalue weighted by Gasteiger charge is -2.05. The summed E-state index contributed by atoms with van der Waals surface area (Å²) in [7, 11) is 0. The van der Waals surface area contributed by atoms with Crippen LogP contribution in [0.3, 0.4) is 0 Å². The fraction of sp³-hybridized carbons (Fsp3) is 0.0435. The topological polar surface area (TPSA) is 67.5 Å². The van der Waals surface area contributed by atoms with Gasteiger partial charge in [0.2, 0.25) is 0 Å². The lowest BCUT2D eigenvalue weighted by molar-refractivity contribution is -0.326. The van der Waals surface area contributed by atoms with Crippen LogP contribution in [0.5, 0.6) is 0 Å². The largest absolute Gasteiger partial charge is 0.456 e. The van der Waals surface area contributed by atoms with Gasteiger partial charge in [0.05, 0.1) is 0 Å². The van der Waals surface area contributed by atoms with E-state index < -0.39 is 0 Å². The highest BCUT2D eigenvalue weighted by molar-refractivity contribution is 6.30. The number of imidazole rings is 1. The third kappa shape index (κ3) is 3.48. The molecule has 142 valence electrons. The second-order valence-corrected chi connectivity index (χ2v) is 7.33. The number of nitrogens with zero attached hydrogens (tertiary/aromatic N) is 1. The molecule has 0 aliphatic carbocycles. The highest BCUT2D eigenvalue weighted by Gasteiger charge is 2.09. The van der Waals surface area contributed by atoms with Gasteiger partial charge in [-0.2, -0.15) is 5.43 Å². The van der Waals surface area contributed by atoms with Crippen LogP contribution in [0.1, 0.15) is 5.56 Å². The number of fused-ring (bicyclic) bond motifs is 2. The number of halogens is 1. The molecule has 3 N–H and O–H groups in total. The second-order valence-electron chi connectivity index (χ2n) is 6.90. The Morgan fingerprint density at radius 2 is 1.83 bits per heavy atom. The minimum atomic E-state index is 0.686. The summed E-state index contributed by atoms with van der Waals surface area (Å²) in [4.78, 5) is 6.55. The van der Waals surface area contributed by atoms with Crippen molar-refractivity contribution in [3.8, 4) is 11.3 Å². The first-order valence-electron chi connectivity index (χ1n) is 9.26. The molecule has 29 heavy (non-hydrogen) atoms. The molecule has 3 aromatic carbocycles. The summed E-state index contributed by atoms with van der Waals surface area (Å²) in [6, 6.07) is 23.6. The van der Waals surface area contributed by atoms with E-state index in [-0.39, 0.29) is 0 Å². The first-order valence-corrected chi connectivity index (χ1v) is 9.64. The molecule has 6 heteroatoms. The molecule has 5 nitrogen and oxygen atoms in total. The molecular weight excluding hydrogens is 384 g/mol. The minimum Gasteiger partial charge on any atom is -0.456 e. The van der Waals surface area contributed by atoms with Crippen molar-refractivity contribution in [3.63, 3.8) is 0 Å². The number of hydrogen-bond acceptors (Lipinski definition) is 3. The van der Waals surface area contributed by atoms with Gasteiger partial charge in [0.15, 0.2) is 0 Å². The van der Waals surface area contributed by atoms with Crippen molar-refractivity contribution in [1.29, 1.82) is 0 Å². The van der Waals surface area contributed by atoms with Crippen molar-refractivity contribution < 1.29 is 9.40 Å². The number of aryl methyl sites for hydroxylation is 1. The maximum Gasteiger partial charge on any atom is 0.377 e. The fourth-order valence-corrected chi connectivity index (χ4v) is 3.42. The average molecular weight is 402 g/mol. The van der Waals surface area contributed by atoms with Crippen LogP contribution < -0.4 is 15.8 Å². The molecule has 0 atom stereocenters. The van der Waals surface area contributed by atoms with Crippen molar-refractivity contribution in [2.75, 3.05) is 5.43 Å². The van der Waals surface area contributed by atoms with Gasteiger partial charge < -0.3 is 4.42 Å². The van der Waals surface area contributed by atoms with Crippen molar-refractivity contribution in [1.82, 2.24) is 4.98 Å². The van der Waals surface area contributed by atoms with Crippen molar-refractivity contribution in [3.05, 3.63) is 88.7 Å². The van der Waals surface area contributed by atoms with Crippen molar-refractivity contribution in [2.24, 2.45) is 5.10 Å². The molecule has 0 saturated heterocycles. The highest BCUT2D eigenvalue weighted by atomic mass is 35.5. The van der Waals surface area contributed by atoms with E-state index >= 15 is 0 Å². The number of rotatable bonds is 3. The van der Waals surface area contributed by atoms with Gasteiger partial charge in [0.25, 0.3) is 0 Å². The van der Waals surface area contributed by atoms with E-state index in [4.69, 9.17) is 16.0 Å². The third-order valence-corrected chi connectivity index (χ3v) is 5.02. The standard InChI is InChI=1S/C23H17ClN4O/c1-14-6-11-17-20(27-28-23-25-18-4-2-3-5-19(18)26-23)13-21(29-22(17)12-14)15-7-9-16(24)10-8-15/h2-13H,1H3,(H2,25,26,28)/p+1. The lowest BCUT2D eigenvalue weighted by Crippen LogP contribution is -2.12. The molecule has 0 radical (unpaired) electrons. The number of nitrogens with one attached hydrogen (secondary N) is 3. The van der Waals surface area contributed by atoms with Crippen LogP contribution in [-0.4, -0.2) is 4.98 Å². The van der Waals surface area contributed by atoms with Crippen molar-refractivity contribution >= 4 is 39.6 Å². The maximum absolute atomic E-state index is 6.16. The number of hydrogen-bond donors (Lipinski definition) is 2. The van der Waals surface area contributed by atoms with Gasteiger partial charge in [0, 0.05) is 22.0 Å². The lowest BCUT2D eigenvalue weighted by atomic mass is 10.1. The molecule has 0 spiro atoms. The molecule has 0 aliphatic heterocycles. The summed E-state index contributed by atoms with van der Waals surface area (Å²) in [6.45, 7) is 2.04. The van der Waals surface area contributed by atoms with E-state index in [1.165, 1.54) is 0 Å². The maximum atomic E-state index is 6.16. The number of H-pyrrole nitrogens is 2. The molecule has 0 fully saturated rings. The first kappa shape index (κ1) is 17.5. The van der Waals surface area contributed by atoms with Crippen LogP contribution in [-0.2, 0) is 0 Å². The quantitative estimate of drug-likeness (QED) is 0.403.